The van der Waals surface area contributed by atoms with E-state index in [2.05, 4.69) is 4.98 Å². The second kappa shape index (κ2) is 4.15. The molecule has 0 bridgehead atoms. The zero-order chi connectivity index (χ0) is 13.7. The summed E-state index contributed by atoms with van der Waals surface area (Å²) in [5.41, 5.74) is -0.451. The first kappa shape index (κ1) is 13.7. The van der Waals surface area contributed by atoms with Crippen LogP contribution in [-0.4, -0.2) is 29.0 Å². The minimum absolute atomic E-state index is 0.0792. The molecule has 0 atom stereocenters. The van der Waals surface area contributed by atoms with Crippen LogP contribution in [0.5, 0.6) is 0 Å². The Morgan fingerprint density at radius 2 is 1.72 bits per heavy atom. The molecule has 0 unspecified atom stereocenters. The number of hydrogen-bond acceptors (Lipinski definition) is 3. The van der Waals surface area contributed by atoms with Gasteiger partial charge in [-0.3, -0.25) is 13.5 Å². The highest BCUT2D eigenvalue weighted by atomic mass is 35.5. The predicted molar refractivity (Wildman–Crippen MR) is 63.6 cm³/mol. The van der Waals surface area contributed by atoms with Gasteiger partial charge in [0.2, 0.25) is 0 Å². The fourth-order valence-corrected chi connectivity index (χ4v) is 3.35. The number of fused-ring (bicyclic) bond motifs is 1. The molecular formula is C7H7ClN2O6P2. The molecule has 0 radical (unpaired) electrons. The third-order valence-corrected chi connectivity index (χ3v) is 4.59. The van der Waals surface area contributed by atoms with E-state index in [9.17, 15) is 9.13 Å². The lowest BCUT2D eigenvalue weighted by Crippen LogP contribution is -2.17. The second-order valence-electron chi connectivity index (χ2n) is 3.41. The highest BCUT2D eigenvalue weighted by molar-refractivity contribution is 7.61. The van der Waals surface area contributed by atoms with Gasteiger partial charge in [0.1, 0.15) is 10.8 Å². The number of halogens is 1. The number of hydrogen-bond donors (Lipinski definition) is 4. The zero-order valence-corrected chi connectivity index (χ0v) is 11.0. The van der Waals surface area contributed by atoms with Crippen molar-refractivity contribution in [3.8, 4) is 0 Å². The molecule has 0 saturated heterocycles. The molecule has 8 nitrogen and oxygen atoms in total. The van der Waals surface area contributed by atoms with Crippen molar-refractivity contribution in [2.75, 3.05) is 0 Å². The average molecular weight is 313 g/mol. The summed E-state index contributed by atoms with van der Waals surface area (Å²) in [5.74, 6) is 0. The van der Waals surface area contributed by atoms with Gasteiger partial charge in [-0.05, 0) is 12.1 Å². The fraction of sp³-hybridized carbons (Fsp3) is 0. The van der Waals surface area contributed by atoms with Crippen LogP contribution in [0.15, 0.2) is 18.3 Å². The number of rotatable bonds is 2. The van der Waals surface area contributed by atoms with Crippen LogP contribution in [0.25, 0.3) is 5.65 Å². The summed E-state index contributed by atoms with van der Waals surface area (Å²) < 4.78 is 23.2. The van der Waals surface area contributed by atoms with Crippen LogP contribution in [0.3, 0.4) is 0 Å². The van der Waals surface area contributed by atoms with Crippen molar-refractivity contribution in [2.45, 2.75) is 0 Å². The second-order valence-corrected chi connectivity index (χ2v) is 6.88. The molecule has 0 amide bonds. The zero-order valence-electron chi connectivity index (χ0n) is 8.50. The molecule has 2 heterocycles. The highest BCUT2D eigenvalue weighted by Gasteiger charge is 2.28. The van der Waals surface area contributed by atoms with Gasteiger partial charge in [-0.2, -0.15) is 0 Å². The van der Waals surface area contributed by atoms with Crippen molar-refractivity contribution < 1.29 is 28.7 Å². The van der Waals surface area contributed by atoms with Crippen LogP contribution >= 0.6 is 26.8 Å². The van der Waals surface area contributed by atoms with Crippen molar-refractivity contribution in [3.05, 3.63) is 23.5 Å². The summed E-state index contributed by atoms with van der Waals surface area (Å²) in [7, 11) is -9.29. The van der Waals surface area contributed by atoms with E-state index < -0.39 is 31.1 Å². The maximum Gasteiger partial charge on any atom is 0.374 e. The first-order valence-electron chi connectivity index (χ1n) is 4.40. The van der Waals surface area contributed by atoms with E-state index in [4.69, 9.17) is 31.2 Å². The molecule has 0 spiro atoms. The lowest BCUT2D eigenvalue weighted by Gasteiger charge is -2.10. The minimum atomic E-state index is -4.65. The van der Waals surface area contributed by atoms with Crippen molar-refractivity contribution in [1.82, 2.24) is 9.38 Å². The third kappa shape index (κ3) is 2.24. The molecule has 0 aliphatic carbocycles. The molecule has 11 heteroatoms. The summed E-state index contributed by atoms with van der Waals surface area (Å²) in [6, 6.07) is 2.27. The Kier molecular flexibility index (Phi) is 3.16. The van der Waals surface area contributed by atoms with E-state index in [1.54, 1.807) is 0 Å². The van der Waals surface area contributed by atoms with Crippen molar-refractivity contribution in [2.24, 2.45) is 0 Å². The van der Waals surface area contributed by atoms with E-state index in [0.717, 1.165) is 16.7 Å². The first-order valence-corrected chi connectivity index (χ1v) is 8.01. The SMILES string of the molecule is O=P(O)(O)c1ccc2ncc(P(=O)(O)O)n2c1Cl. The van der Waals surface area contributed by atoms with Gasteiger partial charge in [-0.25, -0.2) is 4.98 Å². The van der Waals surface area contributed by atoms with Crippen LogP contribution < -0.4 is 10.7 Å². The molecule has 18 heavy (non-hydrogen) atoms. The topological polar surface area (TPSA) is 132 Å². The van der Waals surface area contributed by atoms with E-state index in [1.165, 1.54) is 6.07 Å². The molecule has 98 valence electrons. The smallest absolute Gasteiger partial charge is 0.321 e. The van der Waals surface area contributed by atoms with E-state index in [0.29, 0.717) is 0 Å². The summed E-state index contributed by atoms with van der Waals surface area (Å²) in [5, 5.41) is -0.999. The number of imidazole rings is 1. The average Bonchev–Trinajstić information content (AvgIpc) is 2.59. The molecule has 0 aromatic carbocycles. The van der Waals surface area contributed by atoms with E-state index >= 15 is 0 Å². The van der Waals surface area contributed by atoms with Gasteiger partial charge in [0.05, 0.1) is 11.5 Å². The van der Waals surface area contributed by atoms with Gasteiger partial charge >= 0.3 is 15.2 Å². The van der Waals surface area contributed by atoms with Gasteiger partial charge < -0.3 is 19.6 Å². The summed E-state index contributed by atoms with van der Waals surface area (Å²) in [6.07, 6.45) is 0.908. The monoisotopic (exact) mass is 312 g/mol. The Morgan fingerprint density at radius 1 is 1.11 bits per heavy atom. The Balaban J connectivity index is 2.89. The molecule has 2 aromatic heterocycles. The Morgan fingerprint density at radius 3 is 2.22 bits per heavy atom. The minimum Gasteiger partial charge on any atom is -0.321 e. The van der Waals surface area contributed by atoms with Crippen LogP contribution in [0.2, 0.25) is 5.15 Å². The van der Waals surface area contributed by atoms with Crippen LogP contribution in [0.1, 0.15) is 0 Å². The molecule has 2 rings (SSSR count). The maximum atomic E-state index is 11.2. The predicted octanol–water partition coefficient (Wildman–Crippen LogP) is -0.406. The van der Waals surface area contributed by atoms with Crippen LogP contribution in [0, 0.1) is 0 Å². The van der Waals surface area contributed by atoms with Gasteiger partial charge in [0.25, 0.3) is 0 Å². The quantitative estimate of drug-likeness (QED) is 0.438. The van der Waals surface area contributed by atoms with Gasteiger partial charge in [0.15, 0.2) is 5.44 Å². The summed E-state index contributed by atoms with van der Waals surface area (Å²) in [6.45, 7) is 0. The molecule has 4 N–H and O–H groups in total. The number of aromatic nitrogens is 2. The Hall–Kier alpha value is -0.720. The normalized spacial score (nSPS) is 13.2. The van der Waals surface area contributed by atoms with Gasteiger partial charge in [-0.1, -0.05) is 11.6 Å². The molecular weight excluding hydrogens is 305 g/mol. The van der Waals surface area contributed by atoms with Crippen molar-refractivity contribution in [3.63, 3.8) is 0 Å². The summed E-state index contributed by atoms with van der Waals surface area (Å²) >= 11 is 5.77. The molecule has 0 aliphatic heterocycles. The largest absolute Gasteiger partial charge is 0.374 e. The highest BCUT2D eigenvalue weighted by Crippen LogP contribution is 2.38. The van der Waals surface area contributed by atoms with Crippen molar-refractivity contribution in [1.29, 1.82) is 0 Å². The number of nitrogens with zero attached hydrogens (tertiary/aromatic N) is 2. The Bertz CT molecular complexity index is 716. The maximum absolute atomic E-state index is 11.2. The van der Waals surface area contributed by atoms with Gasteiger partial charge in [0, 0.05) is 0 Å². The molecule has 0 saturated carbocycles. The van der Waals surface area contributed by atoms with Gasteiger partial charge in [-0.15, -0.1) is 0 Å². The van der Waals surface area contributed by atoms with Crippen LogP contribution in [-0.2, 0) is 9.13 Å². The standard InChI is InChI=1S/C7H7ClN2O6P2/c8-7-4(17(11,12)13)1-2-5-9-3-6(10(5)7)18(14,15)16/h1-3H,(H2,11,12,13)(H2,14,15,16). The summed E-state index contributed by atoms with van der Waals surface area (Å²) in [4.78, 5) is 40.0. The van der Waals surface area contributed by atoms with E-state index in [-0.39, 0.29) is 5.65 Å². The molecule has 0 aliphatic rings. The van der Waals surface area contributed by atoms with Crippen LogP contribution in [0.4, 0.5) is 0 Å². The fourth-order valence-electron chi connectivity index (χ4n) is 1.43. The number of pyridine rings is 1. The molecule has 2 aromatic rings. The van der Waals surface area contributed by atoms with E-state index in [1.807, 2.05) is 0 Å². The third-order valence-electron chi connectivity index (χ3n) is 2.18. The molecule has 0 fully saturated rings. The lowest BCUT2D eigenvalue weighted by atomic mass is 10.5. The Labute approximate surface area is 105 Å². The van der Waals surface area contributed by atoms with Crippen molar-refractivity contribution >= 4 is 43.2 Å². The lowest BCUT2D eigenvalue weighted by molar-refractivity contribution is 0.383. The first-order chi connectivity index (χ1) is 8.12.